The van der Waals surface area contributed by atoms with Gasteiger partial charge in [-0.25, -0.2) is 0 Å². The fourth-order valence-corrected chi connectivity index (χ4v) is 3.18. The normalized spacial score (nSPS) is 15.0. The fourth-order valence-electron chi connectivity index (χ4n) is 3.18. The highest BCUT2D eigenvalue weighted by Crippen LogP contribution is 2.20. The summed E-state index contributed by atoms with van der Waals surface area (Å²) in [5.74, 6) is 1.12. The maximum absolute atomic E-state index is 11.5. The zero-order valence-electron chi connectivity index (χ0n) is 13.9. The molecule has 0 unspecified atom stereocenters. The highest BCUT2D eigenvalue weighted by atomic mass is 35.5. The number of hydrogen-bond donors (Lipinski definition) is 2. The van der Waals surface area contributed by atoms with Gasteiger partial charge in [0.15, 0.2) is 0 Å². The number of carbonyl (C=O) groups excluding carboxylic acids is 1. The number of hydrogen-bond acceptors (Lipinski definition) is 4. The van der Waals surface area contributed by atoms with Crippen molar-refractivity contribution in [3.63, 3.8) is 0 Å². The molecule has 1 saturated heterocycles. The summed E-state index contributed by atoms with van der Waals surface area (Å²) < 4.78 is 1.75. The predicted molar refractivity (Wildman–Crippen MR) is 95.8 cm³/mol. The molecule has 1 aromatic carbocycles. The third-order valence-electron chi connectivity index (χ3n) is 4.44. The van der Waals surface area contributed by atoms with Crippen LogP contribution in [-0.2, 0) is 12.8 Å². The molecular formula is C17H24ClN5O. The van der Waals surface area contributed by atoms with Gasteiger partial charge in [-0.2, -0.15) is 0 Å². The number of carbonyl (C=O) groups is 1. The number of aromatic nitrogens is 3. The van der Waals surface area contributed by atoms with Crippen molar-refractivity contribution in [3.05, 3.63) is 41.5 Å². The lowest BCUT2D eigenvalue weighted by Crippen LogP contribution is -2.28. The van der Waals surface area contributed by atoms with Gasteiger partial charge in [0.1, 0.15) is 5.82 Å². The fraction of sp³-hybridized carbons (Fsp3) is 0.471. The average Bonchev–Trinajstić information content (AvgIpc) is 3.01. The molecule has 0 bridgehead atoms. The van der Waals surface area contributed by atoms with Gasteiger partial charge in [-0.15, -0.1) is 22.6 Å². The number of amides is 1. The molecule has 6 nitrogen and oxygen atoms in total. The number of nitrogens with one attached hydrogen (secondary N) is 1. The van der Waals surface area contributed by atoms with Crippen molar-refractivity contribution < 1.29 is 4.79 Å². The molecule has 130 valence electrons. The number of nitrogens with zero attached hydrogens (tertiary/aromatic N) is 3. The minimum atomic E-state index is -0.559. The second-order valence-corrected chi connectivity index (χ2v) is 6.06. The van der Waals surface area contributed by atoms with E-state index in [0.717, 1.165) is 36.9 Å². The first kappa shape index (κ1) is 18.4. The Hall–Kier alpha value is -1.92. The molecular weight excluding hydrogens is 326 g/mol. The lowest BCUT2D eigenvalue weighted by atomic mass is 9.91. The summed E-state index contributed by atoms with van der Waals surface area (Å²) in [5, 5.41) is 11.4. The van der Waals surface area contributed by atoms with Crippen LogP contribution in [0.2, 0.25) is 0 Å². The van der Waals surface area contributed by atoms with Crippen LogP contribution >= 0.6 is 12.4 Å². The SMILES string of the molecule is CCc1nnc(C(N)=O)n1-c1ccc(CC2CCNCC2)cc1.Cl. The Morgan fingerprint density at radius 3 is 2.50 bits per heavy atom. The molecule has 3 N–H and O–H groups in total. The van der Waals surface area contributed by atoms with Gasteiger partial charge < -0.3 is 11.1 Å². The summed E-state index contributed by atoms with van der Waals surface area (Å²) >= 11 is 0. The van der Waals surface area contributed by atoms with Crippen LogP contribution in [0, 0.1) is 5.92 Å². The van der Waals surface area contributed by atoms with E-state index in [-0.39, 0.29) is 18.2 Å². The van der Waals surface area contributed by atoms with E-state index in [1.807, 2.05) is 19.1 Å². The Morgan fingerprint density at radius 2 is 1.92 bits per heavy atom. The molecule has 1 aromatic heterocycles. The maximum Gasteiger partial charge on any atom is 0.287 e. The molecule has 7 heteroatoms. The number of nitrogens with two attached hydrogens (primary N) is 1. The molecule has 1 aliphatic rings. The molecule has 0 spiro atoms. The molecule has 24 heavy (non-hydrogen) atoms. The van der Waals surface area contributed by atoms with E-state index in [1.165, 1.54) is 18.4 Å². The van der Waals surface area contributed by atoms with Gasteiger partial charge in [0, 0.05) is 12.1 Å². The number of piperidine rings is 1. The highest BCUT2D eigenvalue weighted by Gasteiger charge is 2.17. The second-order valence-electron chi connectivity index (χ2n) is 6.06. The van der Waals surface area contributed by atoms with Crippen molar-refractivity contribution in [2.45, 2.75) is 32.6 Å². The van der Waals surface area contributed by atoms with Gasteiger partial charge in [-0.1, -0.05) is 19.1 Å². The van der Waals surface area contributed by atoms with Crippen LogP contribution < -0.4 is 11.1 Å². The van der Waals surface area contributed by atoms with Crippen LogP contribution in [0.1, 0.15) is 41.8 Å². The summed E-state index contributed by atoms with van der Waals surface area (Å²) in [5.41, 5.74) is 7.62. The molecule has 2 aromatic rings. The summed E-state index contributed by atoms with van der Waals surface area (Å²) in [6.07, 6.45) is 4.27. The lowest BCUT2D eigenvalue weighted by molar-refractivity contribution is 0.0988. The first-order valence-corrected chi connectivity index (χ1v) is 8.23. The topological polar surface area (TPSA) is 85.8 Å². The van der Waals surface area contributed by atoms with E-state index >= 15 is 0 Å². The smallest absolute Gasteiger partial charge is 0.287 e. The van der Waals surface area contributed by atoms with Gasteiger partial charge in [0.05, 0.1) is 0 Å². The highest BCUT2D eigenvalue weighted by molar-refractivity contribution is 5.89. The van der Waals surface area contributed by atoms with Gasteiger partial charge in [-0.3, -0.25) is 9.36 Å². The van der Waals surface area contributed by atoms with Crippen molar-refractivity contribution in [2.75, 3.05) is 13.1 Å². The van der Waals surface area contributed by atoms with Crippen LogP contribution in [0.3, 0.4) is 0 Å². The number of aryl methyl sites for hydroxylation is 1. The van der Waals surface area contributed by atoms with E-state index in [0.29, 0.717) is 6.42 Å². The molecule has 1 fully saturated rings. The number of benzene rings is 1. The second kappa shape index (κ2) is 8.26. The zero-order chi connectivity index (χ0) is 16.2. The van der Waals surface area contributed by atoms with E-state index in [2.05, 4.69) is 27.6 Å². The quantitative estimate of drug-likeness (QED) is 0.863. The Morgan fingerprint density at radius 1 is 1.25 bits per heavy atom. The Labute approximate surface area is 148 Å². The monoisotopic (exact) mass is 349 g/mol. The van der Waals surface area contributed by atoms with Gasteiger partial charge in [0.25, 0.3) is 5.91 Å². The van der Waals surface area contributed by atoms with Crippen molar-refractivity contribution in [3.8, 4) is 5.69 Å². The van der Waals surface area contributed by atoms with Crippen LogP contribution in [0.15, 0.2) is 24.3 Å². The standard InChI is InChI=1S/C17H23N5O.ClH/c1-2-15-20-21-17(16(18)23)22(15)14-5-3-12(4-6-14)11-13-7-9-19-10-8-13;/h3-6,13,19H,2,7-11H2,1H3,(H2,18,23);1H. The predicted octanol–water partition coefficient (Wildman–Crippen LogP) is 1.89. The van der Waals surface area contributed by atoms with Crippen molar-refractivity contribution in [1.82, 2.24) is 20.1 Å². The lowest BCUT2D eigenvalue weighted by Gasteiger charge is -2.22. The van der Waals surface area contributed by atoms with E-state index < -0.39 is 5.91 Å². The summed E-state index contributed by atoms with van der Waals surface area (Å²) in [6, 6.07) is 8.29. The van der Waals surface area contributed by atoms with Crippen LogP contribution in [0.5, 0.6) is 0 Å². The van der Waals surface area contributed by atoms with E-state index in [9.17, 15) is 4.79 Å². The Bertz CT molecular complexity index is 677. The van der Waals surface area contributed by atoms with Gasteiger partial charge in [0.2, 0.25) is 5.82 Å². The minimum absolute atomic E-state index is 0. The molecule has 0 aliphatic carbocycles. The third kappa shape index (κ3) is 3.94. The first-order chi connectivity index (χ1) is 11.2. The third-order valence-corrected chi connectivity index (χ3v) is 4.44. The van der Waals surface area contributed by atoms with Crippen LogP contribution in [0.25, 0.3) is 5.69 Å². The number of rotatable bonds is 5. The molecule has 0 radical (unpaired) electrons. The average molecular weight is 350 g/mol. The summed E-state index contributed by atoms with van der Waals surface area (Å²) in [6.45, 7) is 4.22. The molecule has 0 atom stereocenters. The summed E-state index contributed by atoms with van der Waals surface area (Å²) in [4.78, 5) is 11.5. The van der Waals surface area contributed by atoms with Crippen molar-refractivity contribution in [2.24, 2.45) is 11.7 Å². The molecule has 1 aliphatic heterocycles. The minimum Gasteiger partial charge on any atom is -0.363 e. The Kier molecular flexibility index (Phi) is 6.34. The van der Waals surface area contributed by atoms with Crippen LogP contribution in [-0.4, -0.2) is 33.8 Å². The van der Waals surface area contributed by atoms with Gasteiger partial charge >= 0.3 is 0 Å². The van der Waals surface area contributed by atoms with E-state index in [1.54, 1.807) is 4.57 Å². The van der Waals surface area contributed by atoms with Gasteiger partial charge in [-0.05, 0) is 56.0 Å². The summed E-state index contributed by atoms with van der Waals surface area (Å²) in [7, 11) is 0. The van der Waals surface area contributed by atoms with E-state index in [4.69, 9.17) is 5.73 Å². The van der Waals surface area contributed by atoms with Crippen molar-refractivity contribution in [1.29, 1.82) is 0 Å². The van der Waals surface area contributed by atoms with Crippen LogP contribution in [0.4, 0.5) is 0 Å². The first-order valence-electron chi connectivity index (χ1n) is 8.23. The molecule has 1 amide bonds. The number of primary amides is 1. The van der Waals surface area contributed by atoms with Crippen molar-refractivity contribution >= 4 is 18.3 Å². The Balaban J connectivity index is 0.00000208. The molecule has 3 rings (SSSR count). The maximum atomic E-state index is 11.5. The number of halogens is 1. The molecule has 0 saturated carbocycles. The largest absolute Gasteiger partial charge is 0.363 e. The zero-order valence-corrected chi connectivity index (χ0v) is 14.7. The molecule has 2 heterocycles.